The number of fused-ring (bicyclic) bond motifs is 3. The molecule has 0 unspecified atom stereocenters. The number of nitrogens with one attached hydrogen (secondary N) is 1. The lowest BCUT2D eigenvalue weighted by Gasteiger charge is -2.37. The van der Waals surface area contributed by atoms with Crippen LogP contribution in [0, 0.1) is 5.92 Å². The van der Waals surface area contributed by atoms with Crippen LogP contribution in [0.15, 0.2) is 42.5 Å². The lowest BCUT2D eigenvalue weighted by molar-refractivity contribution is -0.274. The Morgan fingerprint density at radius 1 is 1.04 bits per heavy atom. The van der Waals surface area contributed by atoms with E-state index in [1.807, 2.05) is 31.2 Å². The van der Waals surface area contributed by atoms with Crippen LogP contribution in [0.3, 0.4) is 0 Å². The van der Waals surface area contributed by atoms with Gasteiger partial charge in [0.1, 0.15) is 18.3 Å². The number of nitrogens with zero attached hydrogens (tertiary/aromatic N) is 2. The average molecular weight is 686 g/mol. The van der Waals surface area contributed by atoms with Gasteiger partial charge >= 0.3 is 0 Å². The van der Waals surface area contributed by atoms with Gasteiger partial charge in [-0.15, -0.1) is 0 Å². The highest BCUT2D eigenvalue weighted by Crippen LogP contribution is 2.59. The van der Waals surface area contributed by atoms with E-state index in [1.165, 1.54) is 11.0 Å². The van der Waals surface area contributed by atoms with Crippen LogP contribution in [0.1, 0.15) is 30.0 Å². The second-order valence-electron chi connectivity index (χ2n) is 13.9. The second kappa shape index (κ2) is 12.6. The van der Waals surface area contributed by atoms with Gasteiger partial charge in [-0.2, -0.15) is 0 Å². The van der Waals surface area contributed by atoms with E-state index in [4.69, 9.17) is 9.47 Å². The van der Waals surface area contributed by atoms with Crippen molar-refractivity contribution in [1.29, 1.82) is 0 Å². The van der Waals surface area contributed by atoms with Crippen molar-refractivity contribution in [2.45, 2.75) is 93.4 Å². The molecule has 15 heteroatoms. The molecule has 260 valence electrons. The van der Waals surface area contributed by atoms with E-state index in [-0.39, 0.29) is 24.6 Å². The van der Waals surface area contributed by atoms with E-state index in [0.29, 0.717) is 24.2 Å². The van der Waals surface area contributed by atoms with Crippen LogP contribution < -0.4 is 10.2 Å². The summed E-state index contributed by atoms with van der Waals surface area (Å²) in [6, 6.07) is 12.0. The van der Waals surface area contributed by atoms with Gasteiger partial charge < -0.3 is 54.9 Å². The van der Waals surface area contributed by atoms with Crippen LogP contribution in [-0.4, -0.2) is 118 Å². The van der Waals surface area contributed by atoms with Gasteiger partial charge in [-0.3, -0.25) is 14.4 Å². The van der Waals surface area contributed by atoms with Crippen LogP contribution in [0.4, 0.5) is 11.4 Å². The third-order valence-corrected chi connectivity index (χ3v) is 13.0. The van der Waals surface area contributed by atoms with E-state index in [9.17, 15) is 44.7 Å². The summed E-state index contributed by atoms with van der Waals surface area (Å²) in [4.78, 5) is 55.9. The predicted octanol–water partition coefficient (Wildman–Crippen LogP) is -0.465. The number of anilines is 2. The van der Waals surface area contributed by atoms with Crippen molar-refractivity contribution >= 4 is 37.4 Å². The molecule has 0 aliphatic carbocycles. The Balaban J connectivity index is 1.30. The monoisotopic (exact) mass is 685 g/mol. The molecule has 0 bridgehead atoms. The standard InChI is InChI=1S/C33H43N3O11Si/c1-16-29(48(3,4)45)23(13-24(38)36-14-18-8-6-5-7-17(18)11-20(36)15-37)47-33(16)21-12-19(9-10-22(21)35(2)32(33)44)34-30(42)28-26(40)25(39)27(41)31(43)46-28/h5-10,12,16,20,23,25-29,31,37,39-41,43,45H,11,13-15H2,1-4H3,(H,34,42)/t16-,20+,23+,25+,26+,27-,28+,29-,31-,33+/m1/s1. The number of aliphatic hydroxyl groups is 5. The average Bonchev–Trinajstić information content (AvgIpc) is 3.46. The quantitative estimate of drug-likeness (QED) is 0.194. The van der Waals surface area contributed by atoms with Crippen LogP contribution in [-0.2, 0) is 42.4 Å². The molecule has 0 saturated carbocycles. The van der Waals surface area contributed by atoms with Crippen molar-refractivity contribution in [2.24, 2.45) is 5.92 Å². The highest BCUT2D eigenvalue weighted by molar-refractivity contribution is 6.71. The van der Waals surface area contributed by atoms with Crippen LogP contribution in [0.25, 0.3) is 0 Å². The summed E-state index contributed by atoms with van der Waals surface area (Å²) in [5.41, 5.74) is 1.02. The number of likely N-dealkylation sites (N-methyl/N-ethyl adjacent to an activating group) is 1. The molecule has 10 atom stereocenters. The number of hydrogen-bond donors (Lipinski definition) is 7. The summed E-state index contributed by atoms with van der Waals surface area (Å²) in [5, 5.41) is 52.8. The predicted molar refractivity (Wildman–Crippen MR) is 173 cm³/mol. The summed E-state index contributed by atoms with van der Waals surface area (Å²) in [7, 11) is -1.51. The Morgan fingerprint density at radius 2 is 1.73 bits per heavy atom. The minimum absolute atomic E-state index is 0.122. The largest absolute Gasteiger partial charge is 0.432 e. The molecule has 2 aromatic rings. The molecule has 4 aliphatic heterocycles. The summed E-state index contributed by atoms with van der Waals surface area (Å²) in [6.45, 7) is 5.41. The van der Waals surface area contributed by atoms with Gasteiger partial charge in [0, 0.05) is 36.3 Å². The Morgan fingerprint density at radius 3 is 2.40 bits per heavy atom. The zero-order valence-corrected chi connectivity index (χ0v) is 28.2. The lowest BCUT2D eigenvalue weighted by Crippen LogP contribution is -2.60. The first-order valence-corrected chi connectivity index (χ1v) is 19.1. The SMILES string of the molecule is C[C@@H]1[C@@H]([Si](C)(C)O)[C@H](CC(=O)N2Cc3ccccc3C[C@H]2CO)O[C@@]12C(=O)N(C)c1ccc(NC(=O)[C@H]3O[C@@H](O)[C@H](O)[C@@H](O)[C@@H]3O)cc12. The van der Waals surface area contributed by atoms with Crippen molar-refractivity contribution in [2.75, 3.05) is 23.9 Å². The number of rotatable bonds is 6. The summed E-state index contributed by atoms with van der Waals surface area (Å²) >= 11 is 0. The maximum absolute atomic E-state index is 14.2. The Hall–Kier alpha value is -3.25. The normalized spacial score (nSPS) is 34.7. The highest BCUT2D eigenvalue weighted by atomic mass is 28.4. The molecule has 2 fully saturated rings. The Bertz CT molecular complexity index is 1600. The number of benzene rings is 2. The zero-order chi connectivity index (χ0) is 34.9. The van der Waals surface area contributed by atoms with Crippen molar-refractivity contribution in [3.05, 3.63) is 59.2 Å². The van der Waals surface area contributed by atoms with Crippen LogP contribution in [0.5, 0.6) is 0 Å². The molecule has 14 nitrogen and oxygen atoms in total. The van der Waals surface area contributed by atoms with Gasteiger partial charge in [0.2, 0.25) is 5.91 Å². The minimum Gasteiger partial charge on any atom is -0.432 e. The number of aliphatic hydroxyl groups excluding tert-OH is 5. The number of carbonyl (C=O) groups is 3. The van der Waals surface area contributed by atoms with E-state index >= 15 is 0 Å². The molecule has 0 aromatic heterocycles. The minimum atomic E-state index is -3.10. The maximum Gasteiger partial charge on any atom is 0.264 e. The van der Waals surface area contributed by atoms with E-state index in [2.05, 4.69) is 5.32 Å². The molecular formula is C33H43N3O11Si. The molecule has 2 aromatic carbocycles. The van der Waals surface area contributed by atoms with E-state index in [0.717, 1.165) is 11.1 Å². The molecule has 3 amide bonds. The number of amides is 3. The van der Waals surface area contributed by atoms with Gasteiger partial charge in [-0.25, -0.2) is 0 Å². The van der Waals surface area contributed by atoms with Crippen molar-refractivity contribution in [3.8, 4) is 0 Å². The third-order valence-electron chi connectivity index (χ3n) is 10.5. The lowest BCUT2D eigenvalue weighted by atomic mass is 9.82. The van der Waals surface area contributed by atoms with Crippen LogP contribution >= 0.6 is 0 Å². The first-order valence-electron chi connectivity index (χ1n) is 16.1. The number of carbonyl (C=O) groups excluding carboxylic acids is 3. The third kappa shape index (κ3) is 5.56. The molecule has 4 aliphatic rings. The topological polar surface area (TPSA) is 210 Å². The van der Waals surface area contributed by atoms with Gasteiger partial charge in [-0.1, -0.05) is 31.2 Å². The van der Waals surface area contributed by atoms with Crippen molar-refractivity contribution in [3.63, 3.8) is 0 Å². The highest BCUT2D eigenvalue weighted by Gasteiger charge is 2.66. The van der Waals surface area contributed by atoms with E-state index < -0.39 is 80.0 Å². The maximum atomic E-state index is 14.2. The second-order valence-corrected chi connectivity index (χ2v) is 17.9. The van der Waals surface area contributed by atoms with Crippen molar-refractivity contribution in [1.82, 2.24) is 4.90 Å². The van der Waals surface area contributed by atoms with Crippen LogP contribution in [0.2, 0.25) is 18.6 Å². The Labute approximate surface area is 278 Å². The van der Waals surface area contributed by atoms with Gasteiger partial charge in [-0.05, 0) is 48.8 Å². The molecule has 6 rings (SSSR count). The summed E-state index contributed by atoms with van der Waals surface area (Å²) in [5.74, 6) is -2.15. The van der Waals surface area contributed by atoms with Crippen molar-refractivity contribution < 1.29 is 54.2 Å². The molecule has 2 saturated heterocycles. The first kappa shape index (κ1) is 34.6. The molecule has 1 spiro atoms. The molecule has 48 heavy (non-hydrogen) atoms. The molecule has 7 N–H and O–H groups in total. The van der Waals surface area contributed by atoms with Gasteiger partial charge in [0.05, 0.1) is 30.9 Å². The fourth-order valence-electron chi connectivity index (χ4n) is 8.08. The fourth-order valence-corrected chi connectivity index (χ4v) is 10.6. The molecular weight excluding hydrogens is 642 g/mol. The van der Waals surface area contributed by atoms with Gasteiger partial charge in [0.15, 0.2) is 26.3 Å². The smallest absolute Gasteiger partial charge is 0.264 e. The fraction of sp³-hybridized carbons (Fsp3) is 0.545. The van der Waals surface area contributed by atoms with Gasteiger partial charge in [0.25, 0.3) is 11.8 Å². The Kier molecular flexibility index (Phi) is 9.06. The van der Waals surface area contributed by atoms with E-state index in [1.54, 1.807) is 37.2 Å². The molecule has 4 heterocycles. The summed E-state index contributed by atoms with van der Waals surface area (Å²) in [6.07, 6.45) is -9.54. The zero-order valence-electron chi connectivity index (χ0n) is 27.2. The number of ether oxygens (including phenoxy) is 2. The molecule has 0 radical (unpaired) electrons. The summed E-state index contributed by atoms with van der Waals surface area (Å²) < 4.78 is 11.8. The first-order chi connectivity index (χ1) is 22.6. The number of hydrogen-bond acceptors (Lipinski definition) is 11.